The molecule has 0 radical (unpaired) electrons. The zero-order chi connectivity index (χ0) is 15.2. The van der Waals surface area contributed by atoms with Gasteiger partial charge in [-0.05, 0) is 43.0 Å². The first-order valence-electron chi connectivity index (χ1n) is 7.05. The first-order valence-corrected chi connectivity index (χ1v) is 7.05. The van der Waals surface area contributed by atoms with Crippen LogP contribution >= 0.6 is 0 Å². The van der Waals surface area contributed by atoms with Crippen LogP contribution in [0.25, 0.3) is 0 Å². The minimum absolute atomic E-state index is 0.00847. The Balaban J connectivity index is 1.85. The van der Waals surface area contributed by atoms with Crippen molar-refractivity contribution in [2.75, 3.05) is 11.9 Å². The van der Waals surface area contributed by atoms with Crippen LogP contribution in [0.3, 0.4) is 0 Å². The van der Waals surface area contributed by atoms with E-state index in [4.69, 9.17) is 5.73 Å². The number of carbonyl (C=O) groups excluding carboxylic acids is 3. The number of nitrogens with two attached hydrogens (primary N) is 1. The molecule has 0 spiro atoms. The van der Waals surface area contributed by atoms with E-state index in [0.717, 1.165) is 17.7 Å². The van der Waals surface area contributed by atoms with Crippen molar-refractivity contribution in [3.63, 3.8) is 0 Å². The van der Waals surface area contributed by atoms with Crippen molar-refractivity contribution in [1.82, 2.24) is 5.32 Å². The molecule has 112 valence electrons. The third-order valence-electron chi connectivity index (χ3n) is 3.40. The van der Waals surface area contributed by atoms with Crippen LogP contribution < -0.4 is 16.4 Å². The number of primary amides is 1. The van der Waals surface area contributed by atoms with Crippen molar-refractivity contribution >= 4 is 23.4 Å². The summed E-state index contributed by atoms with van der Waals surface area (Å²) < 4.78 is 0. The average molecular weight is 289 g/mol. The van der Waals surface area contributed by atoms with Gasteiger partial charge in [0.2, 0.25) is 11.8 Å². The van der Waals surface area contributed by atoms with Crippen LogP contribution in [0.5, 0.6) is 0 Å². The fourth-order valence-corrected chi connectivity index (χ4v) is 2.25. The molecule has 1 aliphatic rings. The van der Waals surface area contributed by atoms with Gasteiger partial charge in [0.25, 0.3) is 5.91 Å². The Morgan fingerprint density at radius 1 is 1.24 bits per heavy atom. The topological polar surface area (TPSA) is 101 Å². The number of aryl methyl sites for hydroxylation is 1. The highest BCUT2D eigenvalue weighted by atomic mass is 16.2. The average Bonchev–Trinajstić information content (AvgIpc) is 2.45. The van der Waals surface area contributed by atoms with Crippen molar-refractivity contribution in [1.29, 1.82) is 0 Å². The molecule has 3 amide bonds. The molecule has 2 rings (SSSR count). The smallest absolute Gasteiger partial charge is 0.251 e. The second-order valence-corrected chi connectivity index (χ2v) is 5.10. The van der Waals surface area contributed by atoms with E-state index in [-0.39, 0.29) is 17.7 Å². The number of anilines is 1. The maximum absolute atomic E-state index is 12.0. The van der Waals surface area contributed by atoms with E-state index >= 15 is 0 Å². The van der Waals surface area contributed by atoms with E-state index in [2.05, 4.69) is 10.6 Å². The second kappa shape index (κ2) is 6.88. The third-order valence-corrected chi connectivity index (χ3v) is 3.40. The third kappa shape index (κ3) is 4.30. The molecule has 1 aromatic rings. The molecule has 1 heterocycles. The second-order valence-electron chi connectivity index (χ2n) is 5.10. The minimum atomic E-state index is -0.321. The lowest BCUT2D eigenvalue weighted by Crippen LogP contribution is -2.25. The minimum Gasteiger partial charge on any atom is -0.370 e. The molecule has 0 fully saturated rings. The fraction of sp³-hybridized carbons (Fsp3) is 0.400. The summed E-state index contributed by atoms with van der Waals surface area (Å²) in [5, 5.41) is 5.59. The monoisotopic (exact) mass is 289 g/mol. The fourth-order valence-electron chi connectivity index (χ4n) is 2.25. The van der Waals surface area contributed by atoms with Crippen molar-refractivity contribution in [3.05, 3.63) is 29.3 Å². The first-order chi connectivity index (χ1) is 10.1. The largest absolute Gasteiger partial charge is 0.370 e. The van der Waals surface area contributed by atoms with Gasteiger partial charge < -0.3 is 16.4 Å². The standard InChI is InChI=1S/C15H19N3O3/c16-13(19)3-1-2-8-17-15(21)11-4-6-12-10(9-11)5-7-14(20)18-12/h4,6,9H,1-3,5,7-8H2,(H2,16,19)(H,17,21)(H,18,20). The maximum atomic E-state index is 12.0. The zero-order valence-electron chi connectivity index (χ0n) is 11.8. The summed E-state index contributed by atoms with van der Waals surface area (Å²) in [4.78, 5) is 33.9. The predicted molar refractivity (Wildman–Crippen MR) is 78.8 cm³/mol. The van der Waals surface area contributed by atoms with Gasteiger partial charge in [-0.3, -0.25) is 14.4 Å². The molecule has 4 N–H and O–H groups in total. The van der Waals surface area contributed by atoms with Crippen LogP contribution in [0.2, 0.25) is 0 Å². The van der Waals surface area contributed by atoms with Gasteiger partial charge in [-0.1, -0.05) is 0 Å². The van der Waals surface area contributed by atoms with Crippen LogP contribution in [0.1, 0.15) is 41.6 Å². The Labute approximate surface area is 123 Å². The molecular formula is C15H19N3O3. The molecule has 0 atom stereocenters. The Bertz CT molecular complexity index is 569. The molecule has 6 nitrogen and oxygen atoms in total. The summed E-state index contributed by atoms with van der Waals surface area (Å²) in [5.74, 6) is -0.457. The van der Waals surface area contributed by atoms with Crippen LogP contribution in [0, 0.1) is 0 Å². The maximum Gasteiger partial charge on any atom is 0.251 e. The van der Waals surface area contributed by atoms with E-state index in [1.165, 1.54) is 0 Å². The predicted octanol–water partition coefficient (Wildman–Crippen LogP) is 0.957. The molecule has 0 saturated carbocycles. The quantitative estimate of drug-likeness (QED) is 0.680. The SMILES string of the molecule is NC(=O)CCCCNC(=O)c1ccc2c(c1)CCC(=O)N2. The summed E-state index contributed by atoms with van der Waals surface area (Å²) in [7, 11) is 0. The van der Waals surface area contributed by atoms with Gasteiger partial charge in [-0.15, -0.1) is 0 Å². The Morgan fingerprint density at radius 2 is 2.05 bits per heavy atom. The van der Waals surface area contributed by atoms with Crippen LogP contribution in [-0.4, -0.2) is 24.3 Å². The molecule has 0 aliphatic carbocycles. The molecule has 0 aromatic heterocycles. The molecule has 0 bridgehead atoms. The number of benzene rings is 1. The first kappa shape index (κ1) is 15.0. The highest BCUT2D eigenvalue weighted by molar-refractivity contribution is 5.97. The number of nitrogens with one attached hydrogen (secondary N) is 2. The Kier molecular flexibility index (Phi) is 4.92. The highest BCUT2D eigenvalue weighted by Crippen LogP contribution is 2.23. The van der Waals surface area contributed by atoms with E-state index < -0.39 is 0 Å². The number of fused-ring (bicyclic) bond motifs is 1. The molecular weight excluding hydrogens is 270 g/mol. The molecule has 6 heteroatoms. The number of carbonyl (C=O) groups is 3. The van der Waals surface area contributed by atoms with E-state index in [1.54, 1.807) is 12.1 Å². The van der Waals surface area contributed by atoms with Crippen molar-refractivity contribution < 1.29 is 14.4 Å². The summed E-state index contributed by atoms with van der Waals surface area (Å²) in [6.07, 6.45) is 2.84. The van der Waals surface area contributed by atoms with Gasteiger partial charge in [-0.2, -0.15) is 0 Å². The number of amides is 3. The summed E-state index contributed by atoms with van der Waals surface area (Å²) in [6, 6.07) is 5.27. The molecule has 1 aliphatic heterocycles. The van der Waals surface area contributed by atoms with Crippen molar-refractivity contribution in [2.45, 2.75) is 32.1 Å². The van der Waals surface area contributed by atoms with E-state index in [9.17, 15) is 14.4 Å². The summed E-state index contributed by atoms with van der Waals surface area (Å²) in [5.41, 5.74) is 7.39. The normalized spacial score (nSPS) is 13.2. The van der Waals surface area contributed by atoms with E-state index in [1.807, 2.05) is 6.07 Å². The molecule has 0 unspecified atom stereocenters. The highest BCUT2D eigenvalue weighted by Gasteiger charge is 2.16. The van der Waals surface area contributed by atoms with Crippen molar-refractivity contribution in [2.24, 2.45) is 5.73 Å². The lowest BCUT2D eigenvalue weighted by molar-refractivity contribution is -0.118. The van der Waals surface area contributed by atoms with Gasteiger partial charge in [0, 0.05) is 30.6 Å². The van der Waals surface area contributed by atoms with Crippen LogP contribution in [-0.2, 0) is 16.0 Å². The van der Waals surface area contributed by atoms with Gasteiger partial charge in [0.1, 0.15) is 0 Å². The van der Waals surface area contributed by atoms with Gasteiger partial charge in [0.05, 0.1) is 0 Å². The van der Waals surface area contributed by atoms with Gasteiger partial charge in [-0.25, -0.2) is 0 Å². The van der Waals surface area contributed by atoms with Crippen LogP contribution in [0.15, 0.2) is 18.2 Å². The molecule has 1 aromatic carbocycles. The number of hydrogen-bond acceptors (Lipinski definition) is 3. The molecule has 0 saturated heterocycles. The number of rotatable bonds is 6. The lowest BCUT2D eigenvalue weighted by Gasteiger charge is -2.17. The van der Waals surface area contributed by atoms with Crippen molar-refractivity contribution in [3.8, 4) is 0 Å². The Hall–Kier alpha value is -2.37. The molecule has 21 heavy (non-hydrogen) atoms. The van der Waals surface area contributed by atoms with Crippen LogP contribution in [0.4, 0.5) is 5.69 Å². The Morgan fingerprint density at radius 3 is 2.81 bits per heavy atom. The summed E-state index contributed by atoms with van der Waals surface area (Å²) >= 11 is 0. The van der Waals surface area contributed by atoms with Gasteiger partial charge >= 0.3 is 0 Å². The number of hydrogen-bond donors (Lipinski definition) is 3. The number of unbranched alkanes of at least 4 members (excludes halogenated alkanes) is 1. The zero-order valence-corrected chi connectivity index (χ0v) is 11.8. The lowest BCUT2D eigenvalue weighted by atomic mass is 10.00. The summed E-state index contributed by atoms with van der Waals surface area (Å²) in [6.45, 7) is 0.514. The van der Waals surface area contributed by atoms with E-state index in [0.29, 0.717) is 37.8 Å². The van der Waals surface area contributed by atoms with Gasteiger partial charge in [0.15, 0.2) is 0 Å².